The third-order valence-electron chi connectivity index (χ3n) is 3.49. The van der Waals surface area contributed by atoms with Gasteiger partial charge in [0.15, 0.2) is 6.10 Å². The zero-order valence-corrected chi connectivity index (χ0v) is 11.2. The van der Waals surface area contributed by atoms with Gasteiger partial charge >= 0.3 is 6.09 Å². The van der Waals surface area contributed by atoms with Crippen molar-refractivity contribution >= 4 is 23.7 Å². The number of rotatable bonds is 3. The summed E-state index contributed by atoms with van der Waals surface area (Å²) in [7, 11) is 0. The predicted molar refractivity (Wildman–Crippen MR) is 70.1 cm³/mol. The van der Waals surface area contributed by atoms with E-state index in [1.165, 1.54) is 10.4 Å². The Balaban J connectivity index is 1.85. The summed E-state index contributed by atoms with van der Waals surface area (Å²) in [6.45, 7) is 0. The Bertz CT molecular complexity index is 567. The van der Waals surface area contributed by atoms with Crippen molar-refractivity contribution in [2.24, 2.45) is 0 Å². The molecule has 1 saturated heterocycles. The van der Waals surface area contributed by atoms with Gasteiger partial charge in [-0.25, -0.2) is 9.10 Å². The molecule has 20 heavy (non-hydrogen) atoms. The van der Waals surface area contributed by atoms with Crippen LogP contribution in [0.15, 0.2) is 29.2 Å². The Morgan fingerprint density at radius 1 is 1.40 bits per heavy atom. The molecule has 0 radical (unpaired) electrons. The summed E-state index contributed by atoms with van der Waals surface area (Å²) in [5, 5.41) is 20.7. The molecule has 2 aliphatic rings. The number of para-hydroxylation sites is 1. The molecule has 7 nitrogen and oxygen atoms in total. The van der Waals surface area contributed by atoms with Crippen molar-refractivity contribution in [3.05, 3.63) is 34.4 Å². The molecule has 1 saturated carbocycles. The summed E-state index contributed by atoms with van der Waals surface area (Å²) in [6.07, 6.45) is -0.540. The van der Waals surface area contributed by atoms with Crippen molar-refractivity contribution in [3.63, 3.8) is 0 Å². The number of carbonyl (C=O) groups excluding carboxylic acids is 1. The summed E-state index contributed by atoms with van der Waals surface area (Å²) in [5.74, 6) is 0. The maximum absolute atomic E-state index is 11.8. The van der Waals surface area contributed by atoms with Crippen LogP contribution in [0.25, 0.3) is 0 Å². The minimum atomic E-state index is -0.652. The first-order valence-electron chi connectivity index (χ1n) is 6.17. The van der Waals surface area contributed by atoms with Crippen LogP contribution in [0.2, 0.25) is 0 Å². The number of nitro benzene ring substituents is 1. The first-order chi connectivity index (χ1) is 9.58. The van der Waals surface area contributed by atoms with Crippen LogP contribution >= 0.6 is 11.9 Å². The largest absolute Gasteiger partial charge is 0.440 e. The molecule has 2 fully saturated rings. The van der Waals surface area contributed by atoms with E-state index in [-0.39, 0.29) is 11.7 Å². The normalized spacial score (nSPS) is 28.4. The Labute approximate surface area is 118 Å². The van der Waals surface area contributed by atoms with Crippen LogP contribution in [-0.4, -0.2) is 38.7 Å². The topological polar surface area (TPSA) is 92.9 Å². The van der Waals surface area contributed by atoms with Crippen LogP contribution in [0.1, 0.15) is 12.8 Å². The maximum atomic E-state index is 11.8. The number of carbonyl (C=O) groups is 1. The fraction of sp³-hybridized carbons (Fsp3) is 0.417. The van der Waals surface area contributed by atoms with E-state index < -0.39 is 23.2 Å². The molecule has 1 heterocycles. The molecule has 1 aliphatic heterocycles. The van der Waals surface area contributed by atoms with Crippen LogP contribution in [0.5, 0.6) is 0 Å². The number of nitro groups is 1. The van der Waals surface area contributed by atoms with Gasteiger partial charge in [0, 0.05) is 18.0 Å². The van der Waals surface area contributed by atoms with Gasteiger partial charge in [0.25, 0.3) is 5.69 Å². The number of aliphatic hydroxyl groups is 1. The monoisotopic (exact) mass is 296 g/mol. The van der Waals surface area contributed by atoms with Gasteiger partial charge in [0.2, 0.25) is 0 Å². The molecule has 1 amide bonds. The van der Waals surface area contributed by atoms with Crippen molar-refractivity contribution in [1.29, 1.82) is 0 Å². The zero-order valence-electron chi connectivity index (χ0n) is 10.3. The highest BCUT2D eigenvalue weighted by molar-refractivity contribution is 7.97. The van der Waals surface area contributed by atoms with Crippen LogP contribution < -0.4 is 0 Å². The molecule has 1 aliphatic carbocycles. The molecule has 3 rings (SSSR count). The van der Waals surface area contributed by atoms with Crippen molar-refractivity contribution in [3.8, 4) is 0 Å². The summed E-state index contributed by atoms with van der Waals surface area (Å²) in [6, 6.07) is 6.01. The number of amides is 1. The van der Waals surface area contributed by atoms with Crippen molar-refractivity contribution in [1.82, 2.24) is 4.31 Å². The van der Waals surface area contributed by atoms with Gasteiger partial charge in [-0.05, 0) is 18.9 Å². The number of fused-ring (bicyclic) bond motifs is 1. The van der Waals surface area contributed by atoms with Gasteiger partial charge in [0.05, 0.1) is 17.1 Å². The highest BCUT2D eigenvalue weighted by Gasteiger charge is 2.50. The van der Waals surface area contributed by atoms with E-state index in [0.717, 1.165) is 11.9 Å². The lowest BCUT2D eigenvalue weighted by Crippen LogP contribution is -2.30. The molecule has 0 unspecified atom stereocenters. The van der Waals surface area contributed by atoms with Gasteiger partial charge in [-0.15, -0.1) is 0 Å². The van der Waals surface area contributed by atoms with Crippen LogP contribution in [0.4, 0.5) is 10.5 Å². The van der Waals surface area contributed by atoms with Gasteiger partial charge in [-0.1, -0.05) is 12.1 Å². The van der Waals surface area contributed by atoms with Gasteiger partial charge < -0.3 is 9.84 Å². The van der Waals surface area contributed by atoms with E-state index >= 15 is 0 Å². The molecular weight excluding hydrogens is 284 g/mol. The van der Waals surface area contributed by atoms with Crippen LogP contribution in [0.3, 0.4) is 0 Å². The number of hydrogen-bond donors (Lipinski definition) is 1. The second kappa shape index (κ2) is 4.95. The van der Waals surface area contributed by atoms with Crippen LogP contribution in [0, 0.1) is 10.1 Å². The van der Waals surface area contributed by atoms with Crippen molar-refractivity contribution in [2.75, 3.05) is 0 Å². The Hall–Kier alpha value is -1.80. The summed E-state index contributed by atoms with van der Waals surface area (Å²) in [4.78, 5) is 22.7. The van der Waals surface area contributed by atoms with Gasteiger partial charge in [0.1, 0.15) is 4.90 Å². The number of benzene rings is 1. The lowest BCUT2D eigenvalue weighted by Gasteiger charge is -2.18. The van der Waals surface area contributed by atoms with Crippen molar-refractivity contribution in [2.45, 2.75) is 36.0 Å². The molecule has 3 atom stereocenters. The predicted octanol–water partition coefficient (Wildman–Crippen LogP) is 1.95. The van der Waals surface area contributed by atoms with E-state index in [9.17, 15) is 20.0 Å². The zero-order chi connectivity index (χ0) is 14.3. The smallest absolute Gasteiger partial charge is 0.421 e. The van der Waals surface area contributed by atoms with E-state index in [1.807, 2.05) is 0 Å². The SMILES string of the molecule is O=C1O[C@H]2[C@H](O)CC[C@H]2N1Sc1ccccc1[N+](=O)[O-]. The highest BCUT2D eigenvalue weighted by Crippen LogP contribution is 2.41. The molecule has 1 N–H and O–H groups in total. The molecule has 0 bridgehead atoms. The minimum Gasteiger partial charge on any atom is -0.440 e. The minimum absolute atomic E-state index is 0.0488. The van der Waals surface area contributed by atoms with Crippen molar-refractivity contribution < 1.29 is 19.6 Å². The molecule has 1 aromatic rings. The Morgan fingerprint density at radius 3 is 2.90 bits per heavy atom. The average molecular weight is 296 g/mol. The number of aliphatic hydroxyl groups excluding tert-OH is 1. The summed E-state index contributed by atoms with van der Waals surface area (Å²) in [5.41, 5.74) is -0.0488. The first-order valence-corrected chi connectivity index (χ1v) is 6.94. The van der Waals surface area contributed by atoms with E-state index in [2.05, 4.69) is 0 Å². The lowest BCUT2D eigenvalue weighted by atomic mass is 10.2. The molecule has 0 aromatic heterocycles. The maximum Gasteiger partial charge on any atom is 0.421 e. The second-order valence-corrected chi connectivity index (χ2v) is 5.72. The molecule has 106 valence electrons. The lowest BCUT2D eigenvalue weighted by molar-refractivity contribution is -0.387. The molecule has 1 aromatic carbocycles. The van der Waals surface area contributed by atoms with Crippen LogP contribution in [-0.2, 0) is 4.74 Å². The highest BCUT2D eigenvalue weighted by atomic mass is 32.2. The van der Waals surface area contributed by atoms with E-state index in [1.54, 1.807) is 18.2 Å². The third-order valence-corrected chi connectivity index (χ3v) is 4.65. The van der Waals surface area contributed by atoms with E-state index in [4.69, 9.17) is 4.74 Å². The molecule has 0 spiro atoms. The second-order valence-electron chi connectivity index (χ2n) is 4.70. The average Bonchev–Trinajstić information content (AvgIpc) is 2.92. The molecule has 8 heteroatoms. The van der Waals surface area contributed by atoms with E-state index in [0.29, 0.717) is 17.7 Å². The van der Waals surface area contributed by atoms with Gasteiger partial charge in [-0.3, -0.25) is 10.1 Å². The van der Waals surface area contributed by atoms with Gasteiger partial charge in [-0.2, -0.15) is 0 Å². The fourth-order valence-electron chi connectivity index (χ4n) is 2.53. The first kappa shape index (κ1) is 13.2. The standard InChI is InChI=1S/C12H12N2O5S/c15-9-6-5-8-11(9)19-12(16)13(8)20-10-4-2-1-3-7(10)14(17)18/h1-4,8-9,11,15H,5-6H2/t8-,9-,11-/m1/s1. The third kappa shape index (κ3) is 2.10. The Morgan fingerprint density at radius 2 is 2.15 bits per heavy atom. The number of ether oxygens (including phenoxy) is 1. The Kier molecular flexibility index (Phi) is 3.27. The summed E-state index contributed by atoms with van der Waals surface area (Å²) < 4.78 is 6.52. The summed E-state index contributed by atoms with van der Waals surface area (Å²) >= 11 is 0.999. The fourth-order valence-corrected chi connectivity index (χ4v) is 3.60. The number of nitrogens with zero attached hydrogens (tertiary/aromatic N) is 2. The molecular formula is C12H12N2O5S. The quantitative estimate of drug-likeness (QED) is 0.520. The number of hydrogen-bond acceptors (Lipinski definition) is 6.